The molecular formula is C21H38. The van der Waals surface area contributed by atoms with E-state index in [4.69, 9.17) is 0 Å². The summed E-state index contributed by atoms with van der Waals surface area (Å²) >= 11 is 0. The average molecular weight is 291 g/mol. The van der Waals surface area contributed by atoms with Gasteiger partial charge in [0, 0.05) is 0 Å². The van der Waals surface area contributed by atoms with Crippen molar-refractivity contribution in [3.63, 3.8) is 0 Å². The van der Waals surface area contributed by atoms with Gasteiger partial charge in [-0.25, -0.2) is 0 Å². The van der Waals surface area contributed by atoms with Gasteiger partial charge in [-0.15, -0.1) is 0 Å². The molecule has 0 spiro atoms. The molecule has 0 aliphatic heterocycles. The van der Waals surface area contributed by atoms with E-state index in [1.165, 1.54) is 25.7 Å². The highest BCUT2D eigenvalue weighted by atomic mass is 14.7. The molecule has 6 atom stereocenters. The minimum atomic E-state index is 0.782. The Labute approximate surface area is 133 Å². The van der Waals surface area contributed by atoms with Crippen LogP contribution in [0.1, 0.15) is 86.0 Å². The second-order valence-corrected chi connectivity index (χ2v) is 9.25. The molecule has 0 saturated heterocycles. The smallest absolute Gasteiger partial charge is 0.0209 e. The second-order valence-electron chi connectivity index (χ2n) is 9.25. The van der Waals surface area contributed by atoms with E-state index in [9.17, 15) is 0 Å². The van der Waals surface area contributed by atoms with E-state index < -0.39 is 0 Å². The molecule has 3 aliphatic rings. The van der Waals surface area contributed by atoms with Crippen molar-refractivity contribution in [3.8, 4) is 0 Å². The van der Waals surface area contributed by atoms with Gasteiger partial charge in [-0.1, -0.05) is 47.5 Å². The summed E-state index contributed by atoms with van der Waals surface area (Å²) in [6, 6.07) is 0. The molecule has 0 heterocycles. The SMILES string of the molecule is CCCC(C)C(C)C(C)C1(C2CC2)CC1CC(C)C1CC1. The van der Waals surface area contributed by atoms with Gasteiger partial charge in [0.05, 0.1) is 0 Å². The van der Waals surface area contributed by atoms with Gasteiger partial charge in [0.25, 0.3) is 0 Å². The minimum Gasteiger partial charge on any atom is -0.0654 e. The summed E-state index contributed by atoms with van der Waals surface area (Å²) < 4.78 is 0. The van der Waals surface area contributed by atoms with Gasteiger partial charge in [0.2, 0.25) is 0 Å². The van der Waals surface area contributed by atoms with Crippen LogP contribution in [0.15, 0.2) is 0 Å². The zero-order valence-corrected chi connectivity index (χ0v) is 15.2. The van der Waals surface area contributed by atoms with Crippen molar-refractivity contribution >= 4 is 0 Å². The van der Waals surface area contributed by atoms with E-state index >= 15 is 0 Å². The van der Waals surface area contributed by atoms with Crippen LogP contribution < -0.4 is 0 Å². The molecule has 0 amide bonds. The fourth-order valence-corrected chi connectivity index (χ4v) is 5.73. The summed E-state index contributed by atoms with van der Waals surface area (Å²) in [5, 5.41) is 0. The Morgan fingerprint density at radius 1 is 1.00 bits per heavy atom. The average Bonchev–Trinajstić information content (AvgIpc) is 3.29. The monoisotopic (exact) mass is 290 g/mol. The lowest BCUT2D eigenvalue weighted by molar-refractivity contribution is 0.138. The maximum Gasteiger partial charge on any atom is -0.0209 e. The molecule has 6 unspecified atom stereocenters. The Morgan fingerprint density at radius 2 is 1.67 bits per heavy atom. The Morgan fingerprint density at radius 3 is 2.19 bits per heavy atom. The van der Waals surface area contributed by atoms with Crippen molar-refractivity contribution in [2.75, 3.05) is 0 Å². The molecule has 3 saturated carbocycles. The third-order valence-electron chi connectivity index (χ3n) is 7.90. The molecule has 0 aromatic rings. The summed E-state index contributed by atoms with van der Waals surface area (Å²) in [7, 11) is 0. The third kappa shape index (κ3) is 3.06. The Hall–Kier alpha value is 0. The van der Waals surface area contributed by atoms with E-state index in [1.807, 2.05) is 0 Å². The highest BCUT2D eigenvalue weighted by Crippen LogP contribution is 2.72. The second kappa shape index (κ2) is 5.89. The van der Waals surface area contributed by atoms with Crippen LogP contribution in [-0.4, -0.2) is 0 Å². The Kier molecular flexibility index (Phi) is 4.46. The summed E-state index contributed by atoms with van der Waals surface area (Å²) in [5.74, 6) is 7.13. The van der Waals surface area contributed by atoms with Crippen molar-refractivity contribution in [2.24, 2.45) is 46.8 Å². The lowest BCUT2D eigenvalue weighted by atomic mass is 9.70. The quantitative estimate of drug-likeness (QED) is 0.452. The van der Waals surface area contributed by atoms with Crippen molar-refractivity contribution in [3.05, 3.63) is 0 Å². The van der Waals surface area contributed by atoms with Crippen LogP contribution in [0, 0.1) is 46.8 Å². The van der Waals surface area contributed by atoms with E-state index in [1.54, 1.807) is 25.7 Å². The first-order valence-corrected chi connectivity index (χ1v) is 10.0. The van der Waals surface area contributed by atoms with Crippen molar-refractivity contribution < 1.29 is 0 Å². The highest BCUT2D eigenvalue weighted by Gasteiger charge is 2.65. The summed E-state index contributed by atoms with van der Waals surface area (Å²) in [6.45, 7) is 12.6. The number of hydrogen-bond donors (Lipinski definition) is 0. The van der Waals surface area contributed by atoms with Gasteiger partial charge in [-0.3, -0.25) is 0 Å². The lowest BCUT2D eigenvalue weighted by Gasteiger charge is -2.34. The van der Waals surface area contributed by atoms with Gasteiger partial charge in [-0.05, 0) is 85.4 Å². The Bertz CT molecular complexity index is 351. The maximum absolute atomic E-state index is 2.62. The molecule has 3 aliphatic carbocycles. The molecule has 0 aromatic heterocycles. The first-order chi connectivity index (χ1) is 10.0. The molecule has 3 rings (SSSR count). The Balaban J connectivity index is 1.62. The molecule has 0 N–H and O–H groups in total. The third-order valence-corrected chi connectivity index (χ3v) is 7.90. The van der Waals surface area contributed by atoms with E-state index in [0.29, 0.717) is 0 Å². The van der Waals surface area contributed by atoms with Gasteiger partial charge >= 0.3 is 0 Å². The predicted molar refractivity (Wildman–Crippen MR) is 92.2 cm³/mol. The van der Waals surface area contributed by atoms with E-state index in [2.05, 4.69) is 34.6 Å². The molecule has 0 aromatic carbocycles. The summed E-state index contributed by atoms with van der Waals surface area (Å²) in [6.07, 6.45) is 12.1. The summed E-state index contributed by atoms with van der Waals surface area (Å²) in [5.41, 5.74) is 0.782. The van der Waals surface area contributed by atoms with Crippen LogP contribution in [-0.2, 0) is 0 Å². The van der Waals surface area contributed by atoms with Crippen LogP contribution in [0.5, 0.6) is 0 Å². The van der Waals surface area contributed by atoms with Crippen LogP contribution in [0.4, 0.5) is 0 Å². The zero-order valence-electron chi connectivity index (χ0n) is 15.2. The van der Waals surface area contributed by atoms with Gasteiger partial charge in [0.15, 0.2) is 0 Å². The van der Waals surface area contributed by atoms with Crippen LogP contribution in [0.25, 0.3) is 0 Å². The van der Waals surface area contributed by atoms with Crippen molar-refractivity contribution in [2.45, 2.75) is 86.0 Å². The lowest BCUT2D eigenvalue weighted by Crippen LogP contribution is -2.28. The number of hydrogen-bond acceptors (Lipinski definition) is 0. The largest absolute Gasteiger partial charge is 0.0654 e. The number of rotatable bonds is 9. The van der Waals surface area contributed by atoms with Crippen LogP contribution in [0.3, 0.4) is 0 Å². The molecule has 0 nitrogen and oxygen atoms in total. The molecule has 21 heavy (non-hydrogen) atoms. The fraction of sp³-hybridized carbons (Fsp3) is 1.00. The first kappa shape index (κ1) is 15.9. The molecule has 3 fully saturated rings. The standard InChI is InChI=1S/C21H38/c1-6-7-14(2)16(4)17(5)21(19-10-11-19)13-20(21)12-15(3)18-8-9-18/h14-20H,6-13H2,1-5H3. The van der Waals surface area contributed by atoms with Crippen molar-refractivity contribution in [1.29, 1.82) is 0 Å². The maximum atomic E-state index is 2.62. The van der Waals surface area contributed by atoms with Crippen LogP contribution >= 0.6 is 0 Å². The minimum absolute atomic E-state index is 0.782. The first-order valence-electron chi connectivity index (χ1n) is 10.0. The van der Waals surface area contributed by atoms with Crippen molar-refractivity contribution in [1.82, 2.24) is 0 Å². The van der Waals surface area contributed by atoms with E-state index in [-0.39, 0.29) is 0 Å². The highest BCUT2D eigenvalue weighted by molar-refractivity contribution is 5.13. The van der Waals surface area contributed by atoms with Crippen LogP contribution in [0.2, 0.25) is 0 Å². The normalized spacial score (nSPS) is 37.9. The molecule has 0 radical (unpaired) electrons. The zero-order chi connectivity index (χ0) is 15.2. The van der Waals surface area contributed by atoms with E-state index in [0.717, 1.165) is 46.8 Å². The molecule has 122 valence electrons. The molecular weight excluding hydrogens is 252 g/mol. The fourth-order valence-electron chi connectivity index (χ4n) is 5.73. The van der Waals surface area contributed by atoms with Gasteiger partial charge in [0.1, 0.15) is 0 Å². The van der Waals surface area contributed by atoms with Gasteiger partial charge < -0.3 is 0 Å². The molecule has 0 bridgehead atoms. The van der Waals surface area contributed by atoms with Gasteiger partial charge in [-0.2, -0.15) is 0 Å². The molecule has 0 heteroatoms. The summed E-state index contributed by atoms with van der Waals surface area (Å²) in [4.78, 5) is 0. The predicted octanol–water partition coefficient (Wildman–Crippen LogP) is 6.55. The topological polar surface area (TPSA) is 0 Å².